The van der Waals surface area contributed by atoms with Crippen LogP contribution in [0.25, 0.3) is 10.9 Å². The van der Waals surface area contributed by atoms with Gasteiger partial charge in [-0.1, -0.05) is 18.2 Å². The number of carbonyl (C=O) groups excluding carboxylic acids is 2. The Morgan fingerprint density at radius 1 is 1.08 bits per heavy atom. The lowest BCUT2D eigenvalue weighted by Crippen LogP contribution is -2.49. The summed E-state index contributed by atoms with van der Waals surface area (Å²) in [5, 5.41) is 16.6. The van der Waals surface area contributed by atoms with Crippen LogP contribution >= 0.6 is 22.7 Å². The van der Waals surface area contributed by atoms with Crippen LogP contribution in [0.1, 0.15) is 31.2 Å². The maximum Gasteiger partial charge on any atom is 0.337 e. The fourth-order valence-electron chi connectivity index (χ4n) is 4.48. The molecular formula is C26H22N4O4S2. The number of rotatable bonds is 5. The van der Waals surface area contributed by atoms with Gasteiger partial charge in [-0.25, -0.2) is 4.79 Å². The Bertz CT molecular complexity index is 1520. The van der Waals surface area contributed by atoms with Gasteiger partial charge in [-0.05, 0) is 29.1 Å². The Kier molecular flexibility index (Phi) is 6.59. The van der Waals surface area contributed by atoms with E-state index in [0.29, 0.717) is 42.3 Å². The lowest BCUT2D eigenvalue weighted by atomic mass is 10.1. The molecule has 0 spiro atoms. The van der Waals surface area contributed by atoms with E-state index in [1.807, 2.05) is 38.1 Å². The van der Waals surface area contributed by atoms with E-state index in [9.17, 15) is 19.6 Å². The molecule has 4 heterocycles. The average Bonchev–Trinajstić information content (AvgIpc) is 3.62. The zero-order chi connectivity index (χ0) is 25.2. The van der Waals surface area contributed by atoms with Crippen LogP contribution in [0.2, 0.25) is 0 Å². The molecule has 0 bridgehead atoms. The van der Waals surface area contributed by atoms with Gasteiger partial charge in [-0.2, -0.15) is 5.26 Å². The third-order valence-electron chi connectivity index (χ3n) is 6.33. The highest BCUT2D eigenvalue weighted by atomic mass is 32.1. The van der Waals surface area contributed by atoms with Crippen molar-refractivity contribution >= 4 is 51.1 Å². The number of amides is 1. The molecule has 1 saturated heterocycles. The number of aromatic nitrogens is 1. The number of nitrogens with zero attached hydrogens (tertiary/aromatic N) is 4. The van der Waals surface area contributed by atoms with E-state index in [0.717, 1.165) is 16.5 Å². The summed E-state index contributed by atoms with van der Waals surface area (Å²) < 4.78 is 6.35. The second-order valence-corrected chi connectivity index (χ2v) is 10.0. The van der Waals surface area contributed by atoms with Crippen LogP contribution in [0.3, 0.4) is 0 Å². The van der Waals surface area contributed by atoms with Gasteiger partial charge < -0.3 is 19.1 Å². The van der Waals surface area contributed by atoms with E-state index in [1.165, 1.54) is 29.8 Å². The third-order valence-corrected chi connectivity index (χ3v) is 7.91. The number of methoxy groups -OCH3 is 1. The van der Waals surface area contributed by atoms with Gasteiger partial charge in [0.25, 0.3) is 11.5 Å². The van der Waals surface area contributed by atoms with Gasteiger partial charge >= 0.3 is 5.97 Å². The van der Waals surface area contributed by atoms with Crippen molar-refractivity contribution in [1.29, 1.82) is 5.26 Å². The molecule has 0 saturated carbocycles. The second kappa shape index (κ2) is 9.97. The van der Waals surface area contributed by atoms with Crippen molar-refractivity contribution in [3.8, 4) is 6.07 Å². The largest absolute Gasteiger partial charge is 0.465 e. The smallest absolute Gasteiger partial charge is 0.337 e. The summed E-state index contributed by atoms with van der Waals surface area (Å²) in [4.78, 5) is 42.5. The minimum absolute atomic E-state index is 0.0134. The predicted octanol–water partition coefficient (Wildman–Crippen LogP) is 3.79. The maximum atomic E-state index is 13.5. The summed E-state index contributed by atoms with van der Waals surface area (Å²) in [6.45, 7) is 2.38. The number of nitriles is 1. The van der Waals surface area contributed by atoms with Gasteiger partial charge in [0, 0.05) is 42.3 Å². The lowest BCUT2D eigenvalue weighted by Gasteiger charge is -2.36. The summed E-state index contributed by atoms with van der Waals surface area (Å²) in [6, 6.07) is 12.7. The van der Waals surface area contributed by atoms with E-state index < -0.39 is 5.97 Å². The number of carbonyl (C=O) groups is 2. The summed E-state index contributed by atoms with van der Waals surface area (Å²) in [5.41, 5.74) is 2.40. The van der Waals surface area contributed by atoms with Gasteiger partial charge in [0.05, 0.1) is 35.3 Å². The zero-order valence-electron chi connectivity index (χ0n) is 19.5. The summed E-state index contributed by atoms with van der Waals surface area (Å²) in [5.74, 6) is -0.410. The maximum absolute atomic E-state index is 13.5. The van der Waals surface area contributed by atoms with Crippen molar-refractivity contribution < 1.29 is 14.3 Å². The van der Waals surface area contributed by atoms with Crippen LogP contribution in [0, 0.1) is 11.3 Å². The first kappa shape index (κ1) is 23.8. The SMILES string of the molecule is COC(=O)c1ccc(Cn2c(=O)c(C#N)c(N3CCN(C(=O)c4cccs4)CC3)c3cscc32)cc1. The van der Waals surface area contributed by atoms with Gasteiger partial charge in [-0.15, -0.1) is 22.7 Å². The Balaban J connectivity index is 1.45. The summed E-state index contributed by atoms with van der Waals surface area (Å²) in [7, 11) is 1.33. The average molecular weight is 519 g/mol. The van der Waals surface area contributed by atoms with Crippen molar-refractivity contribution in [1.82, 2.24) is 9.47 Å². The molecule has 5 rings (SSSR count). The van der Waals surface area contributed by atoms with Crippen LogP contribution in [0.5, 0.6) is 0 Å². The molecule has 3 aromatic heterocycles. The molecule has 0 aliphatic carbocycles. The van der Waals surface area contributed by atoms with Crippen LogP contribution in [-0.2, 0) is 11.3 Å². The summed E-state index contributed by atoms with van der Waals surface area (Å²) in [6.07, 6.45) is 0. The number of pyridine rings is 1. The van der Waals surface area contributed by atoms with Crippen LogP contribution in [0.15, 0.2) is 57.3 Å². The lowest BCUT2D eigenvalue weighted by molar-refractivity contribution is 0.0600. The molecule has 0 atom stereocenters. The highest BCUT2D eigenvalue weighted by Crippen LogP contribution is 2.32. The molecule has 1 amide bonds. The monoisotopic (exact) mass is 518 g/mol. The Morgan fingerprint density at radius 3 is 2.47 bits per heavy atom. The molecule has 0 unspecified atom stereocenters. The van der Waals surface area contributed by atoms with E-state index >= 15 is 0 Å². The Hall–Kier alpha value is -3.94. The Labute approximate surface area is 215 Å². The van der Waals surface area contributed by atoms with Crippen LogP contribution in [0.4, 0.5) is 5.69 Å². The number of hydrogen-bond acceptors (Lipinski definition) is 8. The second-order valence-electron chi connectivity index (χ2n) is 8.34. The first-order valence-electron chi connectivity index (χ1n) is 11.3. The van der Waals surface area contributed by atoms with Crippen LogP contribution < -0.4 is 10.5 Å². The number of piperazine rings is 1. The van der Waals surface area contributed by atoms with Crippen molar-refractivity contribution in [2.24, 2.45) is 0 Å². The minimum Gasteiger partial charge on any atom is -0.465 e. The number of benzene rings is 1. The zero-order valence-corrected chi connectivity index (χ0v) is 21.1. The molecule has 36 heavy (non-hydrogen) atoms. The fraction of sp³-hybridized carbons (Fsp3) is 0.231. The molecule has 1 fully saturated rings. The molecular weight excluding hydrogens is 496 g/mol. The predicted molar refractivity (Wildman–Crippen MR) is 140 cm³/mol. The van der Waals surface area contributed by atoms with Crippen LogP contribution in [-0.4, -0.2) is 54.6 Å². The third kappa shape index (κ3) is 4.27. The van der Waals surface area contributed by atoms with E-state index in [-0.39, 0.29) is 23.6 Å². The molecule has 4 aromatic rings. The van der Waals surface area contributed by atoms with Crippen molar-refractivity contribution in [2.45, 2.75) is 6.54 Å². The van der Waals surface area contributed by atoms with Gasteiger partial charge in [0.15, 0.2) is 0 Å². The topological polar surface area (TPSA) is 95.6 Å². The van der Waals surface area contributed by atoms with Gasteiger partial charge in [0.1, 0.15) is 11.6 Å². The number of fused-ring (bicyclic) bond motifs is 1. The van der Waals surface area contributed by atoms with Crippen molar-refractivity contribution in [2.75, 3.05) is 38.2 Å². The van der Waals surface area contributed by atoms with E-state index in [4.69, 9.17) is 4.74 Å². The number of ether oxygens (including phenoxy) is 1. The number of hydrogen-bond donors (Lipinski definition) is 0. The molecule has 182 valence electrons. The molecule has 8 nitrogen and oxygen atoms in total. The quantitative estimate of drug-likeness (QED) is 0.373. The summed E-state index contributed by atoms with van der Waals surface area (Å²) >= 11 is 2.90. The molecule has 0 radical (unpaired) electrons. The molecule has 1 aliphatic heterocycles. The standard InChI is InChI=1S/C26H22N4O4S2/c1-34-26(33)18-6-4-17(5-7-18)14-30-21-16-35-15-20(21)23(19(13-27)24(30)31)28-8-10-29(11-9-28)25(32)22-3-2-12-36-22/h2-7,12,15-16H,8-11,14H2,1H3. The number of thiophene rings is 2. The Morgan fingerprint density at radius 2 is 1.83 bits per heavy atom. The first-order valence-corrected chi connectivity index (χ1v) is 13.1. The fourth-order valence-corrected chi connectivity index (χ4v) is 5.99. The van der Waals surface area contributed by atoms with Crippen molar-refractivity contribution in [3.63, 3.8) is 0 Å². The van der Waals surface area contributed by atoms with Crippen molar-refractivity contribution in [3.05, 3.63) is 84.5 Å². The molecule has 1 aliphatic rings. The molecule has 10 heteroatoms. The molecule has 1 aromatic carbocycles. The highest BCUT2D eigenvalue weighted by molar-refractivity contribution is 7.12. The number of anilines is 1. The normalized spacial score (nSPS) is 13.6. The molecule has 0 N–H and O–H groups in total. The highest BCUT2D eigenvalue weighted by Gasteiger charge is 2.27. The van der Waals surface area contributed by atoms with Gasteiger partial charge in [0.2, 0.25) is 0 Å². The minimum atomic E-state index is -0.424. The number of esters is 1. The van der Waals surface area contributed by atoms with Gasteiger partial charge in [-0.3, -0.25) is 9.59 Å². The van der Waals surface area contributed by atoms with E-state index in [1.54, 1.807) is 28.8 Å². The first-order chi connectivity index (χ1) is 17.5. The van der Waals surface area contributed by atoms with E-state index in [2.05, 4.69) is 6.07 Å².